The lowest BCUT2D eigenvalue weighted by Crippen LogP contribution is -2.25. The number of hydrogen-bond donors (Lipinski definition) is 0. The van der Waals surface area contributed by atoms with Gasteiger partial charge in [-0.15, -0.1) is 0 Å². The van der Waals surface area contributed by atoms with Crippen LogP contribution in [0.1, 0.15) is 149 Å². The highest BCUT2D eigenvalue weighted by Crippen LogP contribution is 2.39. The Morgan fingerprint density at radius 2 is 0.800 bits per heavy atom. The van der Waals surface area contributed by atoms with Crippen LogP contribution in [-0.2, 0) is 39.9 Å². The fourth-order valence-electron chi connectivity index (χ4n) is 5.26. The Balaban J connectivity index is 2.52. The van der Waals surface area contributed by atoms with E-state index in [2.05, 4.69) is 134 Å². The second-order valence-corrected chi connectivity index (χ2v) is 16.0. The molecule has 0 aromatic heterocycles. The van der Waals surface area contributed by atoms with Gasteiger partial charge in [-0.1, -0.05) is 134 Å². The van der Waals surface area contributed by atoms with Crippen molar-refractivity contribution < 1.29 is 0 Å². The molecule has 0 aliphatic carbocycles. The van der Waals surface area contributed by atoms with Gasteiger partial charge in [-0.25, -0.2) is 0 Å². The predicted molar refractivity (Wildman–Crippen MR) is 158 cm³/mol. The Labute approximate surface area is 219 Å². The van der Waals surface area contributed by atoms with Gasteiger partial charge in [0.2, 0.25) is 0 Å². The van der Waals surface area contributed by atoms with E-state index in [1.165, 1.54) is 39.8 Å². The molecule has 2 rings (SSSR count). The third-order valence-corrected chi connectivity index (χ3v) is 7.34. The average Bonchev–Trinajstić information content (AvgIpc) is 2.63. The minimum absolute atomic E-state index is 0.133. The third-order valence-electron chi connectivity index (χ3n) is 7.34. The number of aryl methyl sites for hydroxylation is 2. The van der Waals surface area contributed by atoms with Gasteiger partial charge in [-0.05, 0) is 85.3 Å². The summed E-state index contributed by atoms with van der Waals surface area (Å²) in [6.07, 6.45) is 3.44. The molecule has 2 aromatic carbocycles. The summed E-state index contributed by atoms with van der Waals surface area (Å²) in [7, 11) is 0. The molecule has 0 bridgehead atoms. The minimum atomic E-state index is 0.133. The third kappa shape index (κ3) is 7.47. The maximum absolute atomic E-state index is 2.57. The summed E-state index contributed by atoms with van der Waals surface area (Å²) >= 11 is 0. The molecule has 0 unspecified atom stereocenters. The lowest BCUT2D eigenvalue weighted by atomic mass is 9.70. The topological polar surface area (TPSA) is 0 Å². The van der Waals surface area contributed by atoms with Crippen LogP contribution in [0.4, 0.5) is 0 Å². The second-order valence-electron chi connectivity index (χ2n) is 16.0. The summed E-state index contributed by atoms with van der Waals surface area (Å²) < 4.78 is 0. The first kappa shape index (κ1) is 29.7. The van der Waals surface area contributed by atoms with Gasteiger partial charge in [-0.2, -0.15) is 0 Å². The Hall–Kier alpha value is -1.56. The Morgan fingerprint density at radius 3 is 1.20 bits per heavy atom. The molecule has 0 heterocycles. The molecular weight excluding hydrogens is 420 g/mol. The van der Waals surface area contributed by atoms with E-state index in [-0.39, 0.29) is 27.1 Å². The number of hydrogen-bond acceptors (Lipinski definition) is 0. The van der Waals surface area contributed by atoms with E-state index in [1.54, 1.807) is 5.56 Å². The van der Waals surface area contributed by atoms with Crippen molar-refractivity contribution in [2.24, 2.45) is 0 Å². The molecule has 0 nitrogen and oxygen atoms in total. The fraction of sp³-hybridized carbons (Fsp3) is 0.657. The molecule has 0 aliphatic heterocycles. The first-order chi connectivity index (χ1) is 15.5. The summed E-state index contributed by atoms with van der Waals surface area (Å²) in [6.45, 7) is 35.3. The maximum Gasteiger partial charge on any atom is -0.0129 e. The molecule has 0 fully saturated rings. The van der Waals surface area contributed by atoms with E-state index in [9.17, 15) is 0 Å². The molecule has 0 aliphatic rings. The first-order valence-electron chi connectivity index (χ1n) is 13.8. The zero-order valence-corrected chi connectivity index (χ0v) is 26.0. The van der Waals surface area contributed by atoms with Gasteiger partial charge >= 0.3 is 0 Å². The summed E-state index contributed by atoms with van der Waals surface area (Å²) in [5.41, 5.74) is 11.3. The van der Waals surface area contributed by atoms with Gasteiger partial charge in [0.15, 0.2) is 0 Å². The highest BCUT2D eigenvalue weighted by molar-refractivity contribution is 5.47. The zero-order valence-electron chi connectivity index (χ0n) is 26.0. The minimum Gasteiger partial charge on any atom is -0.0582 e. The standard InChI is InChI=1S/C35H56/c1-31(2,3)26-19-20-27(32(4,5)6)24(21-26)17-16-18-25-22-29(34(10,11)12)30(35(13,14)15)23-28(25)33(7,8)9/h19-23H,16-18H2,1-15H3. The van der Waals surface area contributed by atoms with Gasteiger partial charge in [0.05, 0.1) is 0 Å². The van der Waals surface area contributed by atoms with Crippen molar-refractivity contribution in [1.82, 2.24) is 0 Å². The van der Waals surface area contributed by atoms with Crippen molar-refractivity contribution in [2.75, 3.05) is 0 Å². The van der Waals surface area contributed by atoms with E-state index in [0.717, 1.165) is 12.8 Å². The van der Waals surface area contributed by atoms with Crippen LogP contribution >= 0.6 is 0 Å². The molecular formula is C35H56. The van der Waals surface area contributed by atoms with Crippen molar-refractivity contribution in [3.63, 3.8) is 0 Å². The quantitative estimate of drug-likeness (QED) is 0.411. The lowest BCUT2D eigenvalue weighted by Gasteiger charge is -2.34. The second kappa shape index (κ2) is 9.72. The molecule has 196 valence electrons. The van der Waals surface area contributed by atoms with Crippen LogP contribution in [0.25, 0.3) is 0 Å². The molecule has 0 heteroatoms. The molecule has 2 aromatic rings. The molecule has 0 radical (unpaired) electrons. The zero-order chi connectivity index (χ0) is 27.2. The number of rotatable bonds is 4. The van der Waals surface area contributed by atoms with Crippen molar-refractivity contribution >= 4 is 0 Å². The highest BCUT2D eigenvalue weighted by atomic mass is 14.3. The van der Waals surface area contributed by atoms with Crippen LogP contribution < -0.4 is 0 Å². The van der Waals surface area contributed by atoms with Gasteiger partial charge in [0.1, 0.15) is 0 Å². The lowest BCUT2D eigenvalue weighted by molar-refractivity contribution is 0.519. The highest BCUT2D eigenvalue weighted by Gasteiger charge is 2.29. The normalized spacial score (nSPS) is 13.9. The van der Waals surface area contributed by atoms with Crippen LogP contribution in [0.3, 0.4) is 0 Å². The van der Waals surface area contributed by atoms with Crippen LogP contribution in [-0.4, -0.2) is 0 Å². The van der Waals surface area contributed by atoms with Crippen LogP contribution in [0.15, 0.2) is 30.3 Å². The van der Waals surface area contributed by atoms with Crippen LogP contribution in [0, 0.1) is 0 Å². The fourth-order valence-corrected chi connectivity index (χ4v) is 5.26. The largest absolute Gasteiger partial charge is 0.0582 e. The van der Waals surface area contributed by atoms with Gasteiger partial charge in [-0.3, -0.25) is 0 Å². The SMILES string of the molecule is CC(C)(C)c1ccc(C(C)(C)C)c(CCCc2cc(C(C)(C)C)c(C(C)(C)C)cc2C(C)(C)C)c1. The summed E-state index contributed by atoms with van der Waals surface area (Å²) in [5, 5.41) is 0. The van der Waals surface area contributed by atoms with E-state index >= 15 is 0 Å². The Bertz CT molecular complexity index is 1010. The summed E-state index contributed by atoms with van der Waals surface area (Å²) in [4.78, 5) is 0. The Morgan fingerprint density at radius 1 is 0.400 bits per heavy atom. The van der Waals surface area contributed by atoms with Crippen molar-refractivity contribution in [3.05, 3.63) is 69.3 Å². The van der Waals surface area contributed by atoms with Gasteiger partial charge < -0.3 is 0 Å². The molecule has 0 saturated heterocycles. The monoisotopic (exact) mass is 476 g/mol. The van der Waals surface area contributed by atoms with Crippen LogP contribution in [0.5, 0.6) is 0 Å². The summed E-state index contributed by atoms with van der Waals surface area (Å²) in [6, 6.07) is 12.4. The maximum atomic E-state index is 2.57. The van der Waals surface area contributed by atoms with Crippen molar-refractivity contribution in [3.8, 4) is 0 Å². The molecule has 35 heavy (non-hydrogen) atoms. The molecule has 0 atom stereocenters. The van der Waals surface area contributed by atoms with E-state index in [0.29, 0.717) is 0 Å². The molecule has 0 saturated carbocycles. The molecule has 0 amide bonds. The molecule has 0 N–H and O–H groups in total. The molecule has 0 spiro atoms. The average molecular weight is 477 g/mol. The van der Waals surface area contributed by atoms with E-state index in [1.807, 2.05) is 0 Å². The predicted octanol–water partition coefficient (Wildman–Crippen LogP) is 10.3. The summed E-state index contributed by atoms with van der Waals surface area (Å²) in [5.74, 6) is 0. The van der Waals surface area contributed by atoms with Crippen molar-refractivity contribution in [2.45, 2.75) is 150 Å². The van der Waals surface area contributed by atoms with E-state index in [4.69, 9.17) is 0 Å². The van der Waals surface area contributed by atoms with Crippen molar-refractivity contribution in [1.29, 1.82) is 0 Å². The van der Waals surface area contributed by atoms with Gasteiger partial charge in [0.25, 0.3) is 0 Å². The first-order valence-corrected chi connectivity index (χ1v) is 13.8. The Kier molecular flexibility index (Phi) is 8.24. The number of benzene rings is 2. The van der Waals surface area contributed by atoms with Gasteiger partial charge in [0, 0.05) is 0 Å². The smallest absolute Gasteiger partial charge is 0.0129 e. The van der Waals surface area contributed by atoms with Crippen LogP contribution in [0.2, 0.25) is 0 Å². The van der Waals surface area contributed by atoms with E-state index < -0.39 is 0 Å².